The lowest BCUT2D eigenvalue weighted by Crippen LogP contribution is -2.13. The van der Waals surface area contributed by atoms with Gasteiger partial charge >= 0.3 is 0 Å². The number of aromatic nitrogens is 2. The third kappa shape index (κ3) is 4.97. The number of ether oxygens (including phenoxy) is 1. The first kappa shape index (κ1) is 18.7. The van der Waals surface area contributed by atoms with Crippen molar-refractivity contribution in [1.29, 1.82) is 0 Å². The maximum atomic E-state index is 12.6. The molecule has 0 atom stereocenters. The zero-order chi connectivity index (χ0) is 19.4. The molecule has 3 aromatic rings. The standard InChI is InChI=1S/C22H25N3O2/c1-15(2)27-21-10-8-20(9-11-21)23-22(26)19-7-5-6-18(13-19)14-25-17(4)12-16(3)24-25/h5-13,15H,14H2,1-4H3,(H,23,26). The minimum Gasteiger partial charge on any atom is -0.491 e. The number of nitrogens with zero attached hydrogens (tertiary/aromatic N) is 2. The van der Waals surface area contributed by atoms with Crippen LogP contribution in [0.3, 0.4) is 0 Å². The Morgan fingerprint density at radius 1 is 1.11 bits per heavy atom. The van der Waals surface area contributed by atoms with Crippen molar-refractivity contribution in [3.63, 3.8) is 0 Å². The van der Waals surface area contributed by atoms with Crippen LogP contribution in [0.5, 0.6) is 5.75 Å². The fourth-order valence-electron chi connectivity index (χ4n) is 2.91. The normalized spacial score (nSPS) is 10.9. The predicted molar refractivity (Wildman–Crippen MR) is 107 cm³/mol. The smallest absolute Gasteiger partial charge is 0.255 e. The molecule has 0 saturated carbocycles. The largest absolute Gasteiger partial charge is 0.491 e. The van der Waals surface area contributed by atoms with E-state index in [9.17, 15) is 4.79 Å². The number of aryl methyl sites for hydroxylation is 2. The van der Waals surface area contributed by atoms with Crippen LogP contribution in [0.1, 0.15) is 41.2 Å². The van der Waals surface area contributed by atoms with Gasteiger partial charge in [-0.15, -0.1) is 0 Å². The minimum absolute atomic E-state index is 0.121. The summed E-state index contributed by atoms with van der Waals surface area (Å²) in [5.74, 6) is 0.651. The second-order valence-electron chi connectivity index (χ2n) is 6.93. The van der Waals surface area contributed by atoms with Gasteiger partial charge in [0.25, 0.3) is 5.91 Å². The first-order chi connectivity index (χ1) is 12.9. The summed E-state index contributed by atoms with van der Waals surface area (Å²) in [5.41, 5.74) is 4.49. The zero-order valence-corrected chi connectivity index (χ0v) is 16.2. The first-order valence-corrected chi connectivity index (χ1v) is 9.09. The monoisotopic (exact) mass is 363 g/mol. The molecular formula is C22H25N3O2. The van der Waals surface area contributed by atoms with Gasteiger partial charge in [0, 0.05) is 16.9 Å². The predicted octanol–water partition coefficient (Wildman–Crippen LogP) is 4.59. The zero-order valence-electron chi connectivity index (χ0n) is 16.2. The van der Waals surface area contributed by atoms with Crippen molar-refractivity contribution < 1.29 is 9.53 Å². The number of carbonyl (C=O) groups excluding carboxylic acids is 1. The molecule has 0 fully saturated rings. The topological polar surface area (TPSA) is 56.2 Å². The number of hydrogen-bond donors (Lipinski definition) is 1. The molecule has 0 saturated heterocycles. The van der Waals surface area contributed by atoms with E-state index < -0.39 is 0 Å². The Balaban J connectivity index is 1.69. The molecule has 5 heteroatoms. The van der Waals surface area contributed by atoms with Crippen LogP contribution >= 0.6 is 0 Å². The Morgan fingerprint density at radius 3 is 2.48 bits per heavy atom. The second kappa shape index (κ2) is 8.08. The molecule has 1 heterocycles. The van der Waals surface area contributed by atoms with Gasteiger partial charge in [0.15, 0.2) is 0 Å². The number of rotatable bonds is 6. The van der Waals surface area contributed by atoms with E-state index in [0.29, 0.717) is 12.1 Å². The summed E-state index contributed by atoms with van der Waals surface area (Å²) in [4.78, 5) is 12.6. The molecule has 1 amide bonds. The van der Waals surface area contributed by atoms with Crippen LogP contribution in [0, 0.1) is 13.8 Å². The van der Waals surface area contributed by atoms with Crippen molar-refractivity contribution >= 4 is 11.6 Å². The Hall–Kier alpha value is -3.08. The van der Waals surface area contributed by atoms with Crippen molar-refractivity contribution in [2.75, 3.05) is 5.32 Å². The Kier molecular flexibility index (Phi) is 5.60. The Labute approximate surface area is 160 Å². The third-order valence-corrected chi connectivity index (χ3v) is 4.11. The van der Waals surface area contributed by atoms with Crippen LogP contribution < -0.4 is 10.1 Å². The van der Waals surface area contributed by atoms with Crippen molar-refractivity contribution in [3.05, 3.63) is 77.1 Å². The molecule has 5 nitrogen and oxygen atoms in total. The van der Waals surface area contributed by atoms with E-state index in [1.54, 1.807) is 0 Å². The van der Waals surface area contributed by atoms with E-state index in [4.69, 9.17) is 4.74 Å². The summed E-state index contributed by atoms with van der Waals surface area (Å²) in [7, 11) is 0. The molecule has 2 aromatic carbocycles. The molecule has 0 aliphatic rings. The summed E-state index contributed by atoms with van der Waals surface area (Å²) in [6.45, 7) is 8.61. The molecule has 0 spiro atoms. The van der Waals surface area contributed by atoms with Crippen LogP contribution in [-0.4, -0.2) is 21.8 Å². The third-order valence-electron chi connectivity index (χ3n) is 4.11. The summed E-state index contributed by atoms with van der Waals surface area (Å²) in [6.07, 6.45) is 0.121. The summed E-state index contributed by atoms with van der Waals surface area (Å²) in [6, 6.07) is 17.1. The van der Waals surface area contributed by atoms with E-state index in [0.717, 1.165) is 28.4 Å². The summed E-state index contributed by atoms with van der Waals surface area (Å²) in [5, 5.41) is 7.41. The van der Waals surface area contributed by atoms with Crippen molar-refractivity contribution in [2.24, 2.45) is 0 Å². The molecule has 1 N–H and O–H groups in total. The quantitative estimate of drug-likeness (QED) is 0.697. The summed E-state index contributed by atoms with van der Waals surface area (Å²) >= 11 is 0. The van der Waals surface area contributed by atoms with Gasteiger partial charge in [0.2, 0.25) is 0 Å². The highest BCUT2D eigenvalue weighted by molar-refractivity contribution is 6.04. The maximum absolute atomic E-state index is 12.6. The molecule has 0 bridgehead atoms. The van der Waals surface area contributed by atoms with Gasteiger partial charge < -0.3 is 10.1 Å². The molecule has 1 aromatic heterocycles. The average molecular weight is 363 g/mol. The highest BCUT2D eigenvalue weighted by atomic mass is 16.5. The van der Waals surface area contributed by atoms with Gasteiger partial charge in [-0.2, -0.15) is 5.10 Å². The molecule has 0 aliphatic carbocycles. The van der Waals surface area contributed by atoms with E-state index >= 15 is 0 Å². The van der Waals surface area contributed by atoms with Crippen LogP contribution in [-0.2, 0) is 6.54 Å². The van der Waals surface area contributed by atoms with Gasteiger partial charge in [-0.25, -0.2) is 0 Å². The van der Waals surface area contributed by atoms with Gasteiger partial charge in [-0.3, -0.25) is 9.48 Å². The van der Waals surface area contributed by atoms with E-state index in [1.807, 2.05) is 87.0 Å². The molecule has 0 radical (unpaired) electrons. The average Bonchev–Trinajstić information content (AvgIpc) is 2.93. The number of carbonyl (C=O) groups is 1. The Morgan fingerprint density at radius 2 is 1.85 bits per heavy atom. The van der Waals surface area contributed by atoms with E-state index in [1.165, 1.54) is 0 Å². The molecule has 140 valence electrons. The number of amides is 1. The summed E-state index contributed by atoms with van der Waals surface area (Å²) < 4.78 is 7.57. The first-order valence-electron chi connectivity index (χ1n) is 9.09. The maximum Gasteiger partial charge on any atom is 0.255 e. The lowest BCUT2D eigenvalue weighted by molar-refractivity contribution is 0.102. The second-order valence-corrected chi connectivity index (χ2v) is 6.93. The Bertz CT molecular complexity index is 927. The van der Waals surface area contributed by atoms with Crippen LogP contribution in [0.4, 0.5) is 5.69 Å². The van der Waals surface area contributed by atoms with Gasteiger partial charge in [-0.05, 0) is 75.7 Å². The fraction of sp³-hybridized carbons (Fsp3) is 0.273. The van der Waals surface area contributed by atoms with Crippen molar-refractivity contribution in [2.45, 2.75) is 40.3 Å². The van der Waals surface area contributed by atoms with Crippen molar-refractivity contribution in [1.82, 2.24) is 9.78 Å². The molecule has 0 aliphatic heterocycles. The number of benzene rings is 2. The van der Waals surface area contributed by atoms with E-state index in [2.05, 4.69) is 10.4 Å². The van der Waals surface area contributed by atoms with Crippen LogP contribution in [0.2, 0.25) is 0 Å². The van der Waals surface area contributed by atoms with Gasteiger partial charge in [0.1, 0.15) is 5.75 Å². The lowest BCUT2D eigenvalue weighted by atomic mass is 10.1. The molecule has 3 rings (SSSR count). The highest BCUT2D eigenvalue weighted by Gasteiger charge is 2.09. The number of anilines is 1. The van der Waals surface area contributed by atoms with Crippen LogP contribution in [0.15, 0.2) is 54.6 Å². The lowest BCUT2D eigenvalue weighted by Gasteiger charge is -2.11. The van der Waals surface area contributed by atoms with Crippen LogP contribution in [0.25, 0.3) is 0 Å². The molecular weight excluding hydrogens is 338 g/mol. The number of hydrogen-bond acceptors (Lipinski definition) is 3. The highest BCUT2D eigenvalue weighted by Crippen LogP contribution is 2.18. The van der Waals surface area contributed by atoms with Gasteiger partial charge in [0.05, 0.1) is 18.3 Å². The van der Waals surface area contributed by atoms with Gasteiger partial charge in [-0.1, -0.05) is 12.1 Å². The SMILES string of the molecule is Cc1cc(C)n(Cc2cccc(C(=O)Nc3ccc(OC(C)C)cc3)c2)n1. The molecule has 27 heavy (non-hydrogen) atoms. The minimum atomic E-state index is -0.136. The number of nitrogens with one attached hydrogen (secondary N) is 1. The van der Waals surface area contributed by atoms with E-state index in [-0.39, 0.29) is 12.0 Å². The van der Waals surface area contributed by atoms with Crippen molar-refractivity contribution in [3.8, 4) is 5.75 Å². The molecule has 0 unspecified atom stereocenters. The fourth-order valence-corrected chi connectivity index (χ4v) is 2.91.